The smallest absolute Gasteiger partial charge is 0.335 e. The molecule has 0 saturated heterocycles. The molecule has 0 bridgehead atoms. The summed E-state index contributed by atoms with van der Waals surface area (Å²) in [6.45, 7) is 2.92. The number of carboxylic acids is 1. The Morgan fingerprint density at radius 1 is 1.19 bits per heavy atom. The Hall–Kier alpha value is -1.84. The average Bonchev–Trinajstić information content (AvgIpc) is 2.48. The van der Waals surface area contributed by atoms with E-state index in [1.54, 1.807) is 18.2 Å². The third-order valence-corrected chi connectivity index (χ3v) is 4.01. The second-order valence-corrected chi connectivity index (χ2v) is 5.61. The lowest BCUT2D eigenvalue weighted by molar-refractivity contribution is -0.118. The molecule has 4 nitrogen and oxygen atoms in total. The largest absolute Gasteiger partial charge is 0.478 e. The Bertz CT molecular complexity index is 525. The normalized spacial score (nSPS) is 14.1. The number of amides is 1. The molecule has 0 spiro atoms. The second-order valence-electron chi connectivity index (χ2n) is 5.61. The molecule has 0 saturated carbocycles. The van der Waals surface area contributed by atoms with E-state index >= 15 is 0 Å². The highest BCUT2D eigenvalue weighted by Crippen LogP contribution is 2.29. The zero-order valence-electron chi connectivity index (χ0n) is 12.6. The van der Waals surface area contributed by atoms with Gasteiger partial charge in [0, 0.05) is 18.7 Å². The van der Waals surface area contributed by atoms with Gasteiger partial charge in [-0.25, -0.2) is 4.79 Å². The van der Waals surface area contributed by atoms with Crippen molar-refractivity contribution in [3.05, 3.63) is 29.3 Å². The summed E-state index contributed by atoms with van der Waals surface area (Å²) in [6.07, 6.45) is 6.93. The highest BCUT2D eigenvalue weighted by atomic mass is 16.4. The van der Waals surface area contributed by atoms with Gasteiger partial charge in [0.2, 0.25) is 5.91 Å². The van der Waals surface area contributed by atoms with Crippen LogP contribution >= 0.6 is 0 Å². The van der Waals surface area contributed by atoms with Crippen molar-refractivity contribution in [3.8, 4) is 0 Å². The van der Waals surface area contributed by atoms with Gasteiger partial charge >= 0.3 is 5.97 Å². The van der Waals surface area contributed by atoms with E-state index in [0.717, 1.165) is 30.6 Å². The highest BCUT2D eigenvalue weighted by molar-refractivity contribution is 5.97. The third kappa shape index (κ3) is 3.84. The van der Waals surface area contributed by atoms with Crippen LogP contribution in [0.25, 0.3) is 0 Å². The number of hydrogen-bond acceptors (Lipinski definition) is 2. The van der Waals surface area contributed by atoms with Gasteiger partial charge < -0.3 is 10.0 Å². The van der Waals surface area contributed by atoms with Crippen LogP contribution < -0.4 is 4.90 Å². The minimum absolute atomic E-state index is 0.154. The maximum absolute atomic E-state index is 12.1. The maximum Gasteiger partial charge on any atom is 0.335 e. The molecule has 1 aromatic carbocycles. The van der Waals surface area contributed by atoms with E-state index in [1.807, 2.05) is 4.90 Å². The Morgan fingerprint density at radius 3 is 2.67 bits per heavy atom. The molecule has 1 aliphatic heterocycles. The summed E-state index contributed by atoms with van der Waals surface area (Å²) < 4.78 is 0. The molecule has 0 fully saturated rings. The molecular weight excluding hydrogens is 266 g/mol. The molecule has 1 heterocycles. The van der Waals surface area contributed by atoms with Crippen LogP contribution in [0.5, 0.6) is 0 Å². The van der Waals surface area contributed by atoms with Gasteiger partial charge in [-0.15, -0.1) is 0 Å². The lowest BCUT2D eigenvalue weighted by Crippen LogP contribution is -2.36. The summed E-state index contributed by atoms with van der Waals surface area (Å²) in [6, 6.07) is 5.07. The molecule has 21 heavy (non-hydrogen) atoms. The van der Waals surface area contributed by atoms with Crippen LogP contribution in [-0.2, 0) is 11.2 Å². The van der Waals surface area contributed by atoms with Crippen molar-refractivity contribution in [1.29, 1.82) is 0 Å². The van der Waals surface area contributed by atoms with Crippen LogP contribution in [0.4, 0.5) is 5.69 Å². The number of unbranched alkanes of at least 4 members (excludes halogenated alkanes) is 4. The first-order valence-electron chi connectivity index (χ1n) is 7.80. The predicted octanol–water partition coefficient (Wildman–Crippen LogP) is 3.63. The van der Waals surface area contributed by atoms with Crippen LogP contribution in [0.1, 0.15) is 61.4 Å². The molecule has 0 unspecified atom stereocenters. The van der Waals surface area contributed by atoms with Crippen molar-refractivity contribution in [2.24, 2.45) is 0 Å². The van der Waals surface area contributed by atoms with Gasteiger partial charge in [0.1, 0.15) is 0 Å². The zero-order chi connectivity index (χ0) is 15.2. The molecule has 1 amide bonds. The zero-order valence-corrected chi connectivity index (χ0v) is 12.6. The van der Waals surface area contributed by atoms with E-state index in [4.69, 9.17) is 5.11 Å². The molecule has 0 atom stereocenters. The first kappa shape index (κ1) is 15.5. The summed E-state index contributed by atoms with van der Waals surface area (Å²) in [7, 11) is 0. The van der Waals surface area contributed by atoms with Gasteiger partial charge in [0.25, 0.3) is 0 Å². The SMILES string of the molecule is CCCCCCCN1C(=O)CCc2cc(C(=O)O)ccc21. The number of aromatic carboxylic acids is 1. The van der Waals surface area contributed by atoms with Crippen LogP contribution in [0, 0.1) is 0 Å². The van der Waals surface area contributed by atoms with Gasteiger partial charge in [0.15, 0.2) is 0 Å². The van der Waals surface area contributed by atoms with Crippen molar-refractivity contribution in [2.75, 3.05) is 11.4 Å². The van der Waals surface area contributed by atoms with Gasteiger partial charge in [-0.3, -0.25) is 4.79 Å². The van der Waals surface area contributed by atoms with Crippen LogP contribution in [0.3, 0.4) is 0 Å². The van der Waals surface area contributed by atoms with Crippen molar-refractivity contribution in [3.63, 3.8) is 0 Å². The minimum Gasteiger partial charge on any atom is -0.478 e. The number of fused-ring (bicyclic) bond motifs is 1. The quantitative estimate of drug-likeness (QED) is 0.780. The fraction of sp³-hybridized carbons (Fsp3) is 0.529. The Balaban J connectivity index is 2.05. The molecule has 4 heteroatoms. The van der Waals surface area contributed by atoms with E-state index in [1.165, 1.54) is 19.3 Å². The fourth-order valence-corrected chi connectivity index (χ4v) is 2.81. The maximum atomic E-state index is 12.1. The van der Waals surface area contributed by atoms with Crippen LogP contribution in [-0.4, -0.2) is 23.5 Å². The summed E-state index contributed by atoms with van der Waals surface area (Å²) in [5.41, 5.74) is 2.17. The number of benzene rings is 1. The van der Waals surface area contributed by atoms with E-state index in [-0.39, 0.29) is 5.91 Å². The second kappa shape index (κ2) is 7.25. The van der Waals surface area contributed by atoms with Crippen molar-refractivity contribution in [1.82, 2.24) is 0 Å². The fourth-order valence-electron chi connectivity index (χ4n) is 2.81. The Morgan fingerprint density at radius 2 is 1.95 bits per heavy atom. The molecule has 2 rings (SSSR count). The van der Waals surface area contributed by atoms with E-state index in [2.05, 4.69) is 6.92 Å². The first-order chi connectivity index (χ1) is 10.1. The molecule has 1 N–H and O–H groups in total. The van der Waals surface area contributed by atoms with Crippen LogP contribution in [0.2, 0.25) is 0 Å². The number of rotatable bonds is 7. The summed E-state index contributed by atoms with van der Waals surface area (Å²) in [5.74, 6) is -0.762. The average molecular weight is 289 g/mol. The third-order valence-electron chi connectivity index (χ3n) is 4.01. The number of anilines is 1. The monoisotopic (exact) mass is 289 g/mol. The van der Waals surface area contributed by atoms with E-state index < -0.39 is 5.97 Å². The van der Waals surface area contributed by atoms with Crippen molar-refractivity contribution < 1.29 is 14.7 Å². The number of carbonyl (C=O) groups is 2. The van der Waals surface area contributed by atoms with Crippen molar-refractivity contribution >= 4 is 17.6 Å². The Labute approximate surface area is 125 Å². The van der Waals surface area contributed by atoms with Gasteiger partial charge in [-0.05, 0) is 36.6 Å². The number of carboxylic acid groups (broad SMARTS) is 1. The van der Waals surface area contributed by atoms with Crippen molar-refractivity contribution in [2.45, 2.75) is 51.9 Å². The van der Waals surface area contributed by atoms with Gasteiger partial charge in [-0.2, -0.15) is 0 Å². The Kier molecular flexibility index (Phi) is 5.37. The summed E-state index contributed by atoms with van der Waals surface area (Å²) >= 11 is 0. The minimum atomic E-state index is -0.916. The molecule has 114 valence electrons. The summed E-state index contributed by atoms with van der Waals surface area (Å²) in [4.78, 5) is 25.0. The number of aryl methyl sites for hydroxylation is 1. The lowest BCUT2D eigenvalue weighted by atomic mass is 9.98. The lowest BCUT2D eigenvalue weighted by Gasteiger charge is -2.29. The van der Waals surface area contributed by atoms with Gasteiger partial charge in [0.05, 0.1) is 5.56 Å². The molecule has 0 aliphatic carbocycles. The molecular formula is C17H23NO3. The number of carbonyl (C=O) groups excluding carboxylic acids is 1. The number of nitrogens with zero attached hydrogens (tertiary/aromatic N) is 1. The van der Waals surface area contributed by atoms with Gasteiger partial charge in [-0.1, -0.05) is 32.6 Å². The molecule has 1 aliphatic rings. The van der Waals surface area contributed by atoms with E-state index in [0.29, 0.717) is 18.4 Å². The van der Waals surface area contributed by atoms with E-state index in [9.17, 15) is 9.59 Å². The standard InChI is InChI=1S/C17H23NO3/c1-2-3-4-5-6-11-18-15-9-7-14(17(20)21)12-13(15)8-10-16(18)19/h7,9,12H,2-6,8,10-11H2,1H3,(H,20,21). The molecule has 1 aromatic rings. The molecule has 0 aromatic heterocycles. The number of hydrogen-bond donors (Lipinski definition) is 1. The topological polar surface area (TPSA) is 57.6 Å². The predicted molar refractivity (Wildman–Crippen MR) is 82.8 cm³/mol. The highest BCUT2D eigenvalue weighted by Gasteiger charge is 2.24. The molecule has 0 radical (unpaired) electrons. The van der Waals surface area contributed by atoms with Crippen LogP contribution in [0.15, 0.2) is 18.2 Å². The summed E-state index contributed by atoms with van der Waals surface area (Å²) in [5, 5.41) is 9.05. The first-order valence-corrected chi connectivity index (χ1v) is 7.80.